The Balaban J connectivity index is 2.32. The van der Waals surface area contributed by atoms with Crippen LogP contribution in [0.4, 0.5) is 0 Å². The Morgan fingerprint density at radius 1 is 1.42 bits per heavy atom. The van der Waals surface area contributed by atoms with E-state index in [1.54, 1.807) is 0 Å². The van der Waals surface area contributed by atoms with E-state index in [1.165, 1.54) is 12.7 Å². The lowest BCUT2D eigenvalue weighted by Gasteiger charge is -2.46. The van der Waals surface area contributed by atoms with E-state index < -0.39 is 11.2 Å². The predicted octanol–water partition coefficient (Wildman–Crippen LogP) is 2.68. The van der Waals surface area contributed by atoms with E-state index in [0.29, 0.717) is 13.2 Å². The monoisotopic (exact) mass is 268 g/mol. The zero-order valence-corrected chi connectivity index (χ0v) is 12.3. The highest BCUT2D eigenvalue weighted by molar-refractivity contribution is 5.76. The first kappa shape index (κ1) is 14.5. The quantitative estimate of drug-likeness (QED) is 0.570. The van der Waals surface area contributed by atoms with Crippen LogP contribution in [0.2, 0.25) is 0 Å². The SMILES string of the molecule is C/C=C1/CCC2(OCCO2)C(C(C)(C)C(=O)OC)C1. The Morgan fingerprint density at radius 3 is 2.58 bits per heavy atom. The second kappa shape index (κ2) is 5.25. The second-order valence-corrected chi connectivity index (χ2v) is 5.93. The van der Waals surface area contributed by atoms with Crippen LogP contribution in [0.1, 0.15) is 40.0 Å². The molecule has 0 amide bonds. The molecule has 19 heavy (non-hydrogen) atoms. The van der Waals surface area contributed by atoms with Crippen molar-refractivity contribution in [1.82, 2.24) is 0 Å². The summed E-state index contributed by atoms with van der Waals surface area (Å²) in [6.07, 6.45) is 4.77. The van der Waals surface area contributed by atoms with E-state index in [2.05, 4.69) is 6.08 Å². The van der Waals surface area contributed by atoms with Crippen LogP contribution in [0, 0.1) is 11.3 Å². The molecule has 1 aliphatic heterocycles. The molecule has 2 rings (SSSR count). The van der Waals surface area contributed by atoms with E-state index in [-0.39, 0.29) is 11.9 Å². The summed E-state index contributed by atoms with van der Waals surface area (Å²) in [6.45, 7) is 7.12. The Bertz CT molecular complexity index is 378. The normalized spacial score (nSPS) is 28.8. The fourth-order valence-electron chi connectivity index (χ4n) is 3.32. The third-order valence-corrected chi connectivity index (χ3v) is 4.56. The van der Waals surface area contributed by atoms with Crippen LogP contribution in [-0.2, 0) is 19.0 Å². The van der Waals surface area contributed by atoms with Gasteiger partial charge in [0.1, 0.15) is 0 Å². The molecule has 1 spiro atoms. The number of esters is 1. The average molecular weight is 268 g/mol. The number of ether oxygens (including phenoxy) is 3. The van der Waals surface area contributed by atoms with Crippen LogP contribution >= 0.6 is 0 Å². The molecule has 0 bridgehead atoms. The number of rotatable bonds is 2. The molecule has 0 aromatic rings. The summed E-state index contributed by atoms with van der Waals surface area (Å²) in [5.41, 5.74) is 0.750. The van der Waals surface area contributed by atoms with Crippen molar-refractivity contribution in [3.63, 3.8) is 0 Å². The van der Waals surface area contributed by atoms with Gasteiger partial charge in [-0.1, -0.05) is 11.6 Å². The Kier molecular flexibility index (Phi) is 4.02. The van der Waals surface area contributed by atoms with Crippen molar-refractivity contribution >= 4 is 5.97 Å². The van der Waals surface area contributed by atoms with Crippen molar-refractivity contribution in [1.29, 1.82) is 0 Å². The first-order chi connectivity index (χ1) is 8.96. The van der Waals surface area contributed by atoms with Gasteiger partial charge in [0, 0.05) is 12.3 Å². The van der Waals surface area contributed by atoms with Gasteiger partial charge in [-0.2, -0.15) is 0 Å². The second-order valence-electron chi connectivity index (χ2n) is 5.93. The summed E-state index contributed by atoms with van der Waals surface area (Å²) >= 11 is 0. The molecule has 0 radical (unpaired) electrons. The molecule has 4 nitrogen and oxygen atoms in total. The Morgan fingerprint density at radius 2 is 2.05 bits per heavy atom. The molecule has 108 valence electrons. The van der Waals surface area contributed by atoms with Crippen molar-refractivity contribution in [3.8, 4) is 0 Å². The van der Waals surface area contributed by atoms with Gasteiger partial charge < -0.3 is 14.2 Å². The molecule has 1 saturated heterocycles. The van der Waals surface area contributed by atoms with Gasteiger partial charge >= 0.3 is 5.97 Å². The largest absolute Gasteiger partial charge is 0.469 e. The summed E-state index contributed by atoms with van der Waals surface area (Å²) in [7, 11) is 1.44. The number of methoxy groups -OCH3 is 1. The maximum absolute atomic E-state index is 12.1. The lowest BCUT2D eigenvalue weighted by Crippen LogP contribution is -2.52. The van der Waals surface area contributed by atoms with Crippen molar-refractivity contribution in [2.24, 2.45) is 11.3 Å². The van der Waals surface area contributed by atoms with Crippen LogP contribution in [0.5, 0.6) is 0 Å². The molecule has 2 aliphatic rings. The molecule has 1 unspecified atom stereocenters. The minimum atomic E-state index is -0.617. The van der Waals surface area contributed by atoms with Crippen molar-refractivity contribution in [3.05, 3.63) is 11.6 Å². The van der Waals surface area contributed by atoms with Gasteiger partial charge in [0.15, 0.2) is 5.79 Å². The van der Waals surface area contributed by atoms with Gasteiger partial charge in [-0.15, -0.1) is 0 Å². The molecule has 2 fully saturated rings. The minimum Gasteiger partial charge on any atom is -0.469 e. The molecular weight excluding hydrogens is 244 g/mol. The highest BCUT2D eigenvalue weighted by Gasteiger charge is 2.55. The predicted molar refractivity (Wildman–Crippen MR) is 71.5 cm³/mol. The number of hydrogen-bond donors (Lipinski definition) is 0. The van der Waals surface area contributed by atoms with Crippen LogP contribution in [-0.4, -0.2) is 32.1 Å². The topological polar surface area (TPSA) is 44.8 Å². The molecule has 0 aromatic heterocycles. The average Bonchev–Trinajstić information content (AvgIpc) is 2.87. The summed E-state index contributed by atoms with van der Waals surface area (Å²) in [4.78, 5) is 12.1. The van der Waals surface area contributed by atoms with E-state index in [0.717, 1.165) is 19.3 Å². The van der Waals surface area contributed by atoms with Crippen molar-refractivity contribution < 1.29 is 19.0 Å². The van der Waals surface area contributed by atoms with E-state index >= 15 is 0 Å². The molecule has 0 N–H and O–H groups in total. The highest BCUT2D eigenvalue weighted by atomic mass is 16.7. The molecule has 1 heterocycles. The fourth-order valence-corrected chi connectivity index (χ4v) is 3.32. The number of carbonyl (C=O) groups excluding carboxylic acids is 1. The number of hydrogen-bond acceptors (Lipinski definition) is 4. The zero-order valence-electron chi connectivity index (χ0n) is 12.3. The summed E-state index contributed by atoms with van der Waals surface area (Å²) in [5, 5.41) is 0. The van der Waals surface area contributed by atoms with Gasteiger partial charge in [-0.05, 0) is 33.6 Å². The first-order valence-electron chi connectivity index (χ1n) is 6.96. The van der Waals surface area contributed by atoms with Crippen LogP contribution in [0.25, 0.3) is 0 Å². The third-order valence-electron chi connectivity index (χ3n) is 4.56. The number of allylic oxidation sites excluding steroid dienone is 2. The maximum atomic E-state index is 12.1. The van der Waals surface area contributed by atoms with Gasteiger partial charge in [-0.3, -0.25) is 4.79 Å². The van der Waals surface area contributed by atoms with Crippen LogP contribution in [0.3, 0.4) is 0 Å². The Hall–Kier alpha value is -0.870. The Labute approximate surface area is 115 Å². The maximum Gasteiger partial charge on any atom is 0.311 e. The fraction of sp³-hybridized carbons (Fsp3) is 0.800. The molecule has 4 heteroatoms. The van der Waals surface area contributed by atoms with Gasteiger partial charge in [0.25, 0.3) is 0 Å². The molecule has 1 saturated carbocycles. The summed E-state index contributed by atoms with van der Waals surface area (Å²) < 4.78 is 16.8. The molecule has 1 aliphatic carbocycles. The standard InChI is InChI=1S/C15H24O4/c1-5-11-6-7-15(18-8-9-19-15)12(10-11)14(2,3)13(16)17-4/h5,12H,6-10H2,1-4H3/b11-5-. The van der Waals surface area contributed by atoms with Gasteiger partial charge in [0.05, 0.1) is 25.7 Å². The van der Waals surface area contributed by atoms with E-state index in [4.69, 9.17) is 14.2 Å². The van der Waals surface area contributed by atoms with Crippen molar-refractivity contribution in [2.45, 2.75) is 45.8 Å². The summed E-state index contributed by atoms with van der Waals surface area (Å²) in [6, 6.07) is 0. The number of carbonyl (C=O) groups is 1. The van der Waals surface area contributed by atoms with Crippen LogP contribution in [0.15, 0.2) is 11.6 Å². The lowest BCUT2D eigenvalue weighted by atomic mass is 9.66. The van der Waals surface area contributed by atoms with E-state index in [1.807, 2.05) is 20.8 Å². The minimum absolute atomic E-state index is 0.00472. The smallest absolute Gasteiger partial charge is 0.311 e. The molecule has 1 atom stereocenters. The van der Waals surface area contributed by atoms with Gasteiger partial charge in [-0.25, -0.2) is 0 Å². The molecule has 0 aromatic carbocycles. The third kappa shape index (κ3) is 2.43. The van der Waals surface area contributed by atoms with Crippen LogP contribution < -0.4 is 0 Å². The highest BCUT2D eigenvalue weighted by Crippen LogP contribution is 2.50. The van der Waals surface area contributed by atoms with Crippen molar-refractivity contribution in [2.75, 3.05) is 20.3 Å². The van der Waals surface area contributed by atoms with E-state index in [9.17, 15) is 4.79 Å². The first-order valence-corrected chi connectivity index (χ1v) is 6.96. The molecular formula is C15H24O4. The van der Waals surface area contributed by atoms with Gasteiger partial charge in [0.2, 0.25) is 0 Å². The zero-order chi connectivity index (χ0) is 14.1. The lowest BCUT2D eigenvalue weighted by molar-refractivity contribution is -0.233. The summed E-state index contributed by atoms with van der Waals surface area (Å²) in [5.74, 6) is -0.812.